The normalized spacial score (nSPS) is 12.6. The molecule has 0 fully saturated rings. The molecule has 78 valence electrons. The zero-order valence-corrected chi connectivity index (χ0v) is 10.3. The lowest BCUT2D eigenvalue weighted by atomic mass is 10.2. The lowest BCUT2D eigenvalue weighted by Gasteiger charge is -2.21. The van der Waals surface area contributed by atoms with E-state index in [9.17, 15) is 0 Å². The summed E-state index contributed by atoms with van der Waals surface area (Å²) in [5.41, 5.74) is 6.93. The SMILES string of the molecule is CC(N)CCN(C)c1ccccc1Br. The van der Waals surface area contributed by atoms with Crippen molar-refractivity contribution in [1.82, 2.24) is 0 Å². The van der Waals surface area contributed by atoms with Crippen molar-refractivity contribution in [3.8, 4) is 0 Å². The van der Waals surface area contributed by atoms with Gasteiger partial charge in [0.25, 0.3) is 0 Å². The molecule has 0 aliphatic rings. The summed E-state index contributed by atoms with van der Waals surface area (Å²) in [7, 11) is 2.09. The van der Waals surface area contributed by atoms with Crippen molar-refractivity contribution < 1.29 is 0 Å². The molecule has 1 unspecified atom stereocenters. The first-order valence-electron chi connectivity index (χ1n) is 4.82. The Morgan fingerprint density at radius 3 is 2.64 bits per heavy atom. The molecular formula is C11H17BrN2. The molecule has 1 aromatic rings. The molecular weight excluding hydrogens is 240 g/mol. The van der Waals surface area contributed by atoms with Crippen LogP contribution in [-0.4, -0.2) is 19.6 Å². The molecule has 0 heterocycles. The lowest BCUT2D eigenvalue weighted by molar-refractivity contribution is 0.659. The van der Waals surface area contributed by atoms with Gasteiger partial charge >= 0.3 is 0 Å². The maximum absolute atomic E-state index is 5.72. The van der Waals surface area contributed by atoms with Crippen LogP contribution >= 0.6 is 15.9 Å². The quantitative estimate of drug-likeness (QED) is 0.898. The topological polar surface area (TPSA) is 29.3 Å². The molecule has 0 saturated carbocycles. The molecule has 1 atom stereocenters. The minimum Gasteiger partial charge on any atom is -0.374 e. The summed E-state index contributed by atoms with van der Waals surface area (Å²) in [5, 5.41) is 0. The molecule has 0 aliphatic carbocycles. The van der Waals surface area contributed by atoms with Gasteiger partial charge in [0.2, 0.25) is 0 Å². The van der Waals surface area contributed by atoms with Crippen LogP contribution in [0.4, 0.5) is 5.69 Å². The van der Waals surface area contributed by atoms with Crippen LogP contribution in [0.2, 0.25) is 0 Å². The Hall–Kier alpha value is -0.540. The van der Waals surface area contributed by atoms with Crippen molar-refractivity contribution >= 4 is 21.6 Å². The second-order valence-electron chi connectivity index (χ2n) is 3.64. The van der Waals surface area contributed by atoms with E-state index in [0.29, 0.717) is 0 Å². The van der Waals surface area contributed by atoms with E-state index < -0.39 is 0 Å². The predicted octanol–water partition coefficient (Wildman–Crippen LogP) is 2.62. The lowest BCUT2D eigenvalue weighted by Crippen LogP contribution is -2.25. The monoisotopic (exact) mass is 256 g/mol. The third-order valence-corrected chi connectivity index (χ3v) is 2.85. The molecule has 0 bridgehead atoms. The number of hydrogen-bond acceptors (Lipinski definition) is 2. The molecule has 1 aromatic carbocycles. The molecule has 3 heteroatoms. The highest BCUT2D eigenvalue weighted by molar-refractivity contribution is 9.10. The molecule has 0 radical (unpaired) electrons. The van der Waals surface area contributed by atoms with Gasteiger partial charge < -0.3 is 10.6 Å². The van der Waals surface area contributed by atoms with E-state index in [2.05, 4.69) is 40.0 Å². The second kappa shape index (κ2) is 5.37. The van der Waals surface area contributed by atoms with E-state index >= 15 is 0 Å². The number of halogens is 1. The fourth-order valence-corrected chi connectivity index (χ4v) is 1.87. The third kappa shape index (κ3) is 3.31. The second-order valence-corrected chi connectivity index (χ2v) is 4.49. The fourth-order valence-electron chi connectivity index (χ4n) is 1.28. The zero-order chi connectivity index (χ0) is 10.6. The van der Waals surface area contributed by atoms with Gasteiger partial charge in [-0.2, -0.15) is 0 Å². The van der Waals surface area contributed by atoms with E-state index in [1.807, 2.05) is 19.1 Å². The Morgan fingerprint density at radius 2 is 2.07 bits per heavy atom. The third-order valence-electron chi connectivity index (χ3n) is 2.18. The van der Waals surface area contributed by atoms with Crippen molar-refractivity contribution in [3.05, 3.63) is 28.7 Å². The van der Waals surface area contributed by atoms with Crippen molar-refractivity contribution in [3.63, 3.8) is 0 Å². The molecule has 0 spiro atoms. The molecule has 2 nitrogen and oxygen atoms in total. The highest BCUT2D eigenvalue weighted by Crippen LogP contribution is 2.24. The van der Waals surface area contributed by atoms with Gasteiger partial charge in [0.1, 0.15) is 0 Å². The largest absolute Gasteiger partial charge is 0.374 e. The number of para-hydroxylation sites is 1. The van der Waals surface area contributed by atoms with Gasteiger partial charge in [-0.05, 0) is 41.4 Å². The fraction of sp³-hybridized carbons (Fsp3) is 0.455. The van der Waals surface area contributed by atoms with Crippen LogP contribution in [0.3, 0.4) is 0 Å². The smallest absolute Gasteiger partial charge is 0.0508 e. The number of nitrogens with two attached hydrogens (primary N) is 1. The van der Waals surface area contributed by atoms with Gasteiger partial charge in [-0.25, -0.2) is 0 Å². The molecule has 0 aliphatic heterocycles. The van der Waals surface area contributed by atoms with Gasteiger partial charge in [-0.3, -0.25) is 0 Å². The summed E-state index contributed by atoms with van der Waals surface area (Å²) < 4.78 is 1.13. The van der Waals surface area contributed by atoms with Crippen LogP contribution < -0.4 is 10.6 Å². The summed E-state index contributed by atoms with van der Waals surface area (Å²) in [6, 6.07) is 8.48. The van der Waals surface area contributed by atoms with Crippen molar-refractivity contribution in [2.24, 2.45) is 5.73 Å². The Kier molecular flexibility index (Phi) is 4.42. The van der Waals surface area contributed by atoms with Crippen molar-refractivity contribution in [2.75, 3.05) is 18.5 Å². The zero-order valence-electron chi connectivity index (χ0n) is 8.70. The van der Waals surface area contributed by atoms with E-state index in [0.717, 1.165) is 17.4 Å². The first kappa shape index (κ1) is 11.5. The Labute approximate surface area is 94.2 Å². The minimum atomic E-state index is 0.264. The van der Waals surface area contributed by atoms with Crippen LogP contribution in [0.25, 0.3) is 0 Å². The van der Waals surface area contributed by atoms with Crippen molar-refractivity contribution in [2.45, 2.75) is 19.4 Å². The number of hydrogen-bond donors (Lipinski definition) is 1. The van der Waals surface area contributed by atoms with Crippen LogP contribution in [0, 0.1) is 0 Å². The molecule has 0 aromatic heterocycles. The Bertz CT molecular complexity index is 286. The van der Waals surface area contributed by atoms with Gasteiger partial charge in [-0.15, -0.1) is 0 Å². The van der Waals surface area contributed by atoms with Gasteiger partial charge in [-0.1, -0.05) is 12.1 Å². The summed E-state index contributed by atoms with van der Waals surface area (Å²) in [6.07, 6.45) is 1.01. The standard InChI is InChI=1S/C11H17BrN2/c1-9(13)7-8-14(2)11-6-4-3-5-10(11)12/h3-6,9H,7-8,13H2,1-2H3. The van der Waals surface area contributed by atoms with Crippen LogP contribution in [0.5, 0.6) is 0 Å². The number of anilines is 1. The van der Waals surface area contributed by atoms with E-state index in [1.165, 1.54) is 5.69 Å². The molecule has 2 N–H and O–H groups in total. The van der Waals surface area contributed by atoms with Gasteiger partial charge in [0.05, 0.1) is 5.69 Å². The maximum Gasteiger partial charge on any atom is 0.0508 e. The Balaban J connectivity index is 2.60. The number of nitrogens with zero attached hydrogens (tertiary/aromatic N) is 1. The highest BCUT2D eigenvalue weighted by atomic mass is 79.9. The average molecular weight is 257 g/mol. The van der Waals surface area contributed by atoms with Crippen molar-refractivity contribution in [1.29, 1.82) is 0 Å². The first-order chi connectivity index (χ1) is 6.61. The van der Waals surface area contributed by atoms with E-state index in [1.54, 1.807) is 0 Å². The predicted molar refractivity (Wildman–Crippen MR) is 65.7 cm³/mol. The number of benzene rings is 1. The molecule has 0 amide bonds. The summed E-state index contributed by atoms with van der Waals surface area (Å²) >= 11 is 3.53. The summed E-state index contributed by atoms with van der Waals surface area (Å²) in [6.45, 7) is 3.02. The first-order valence-corrected chi connectivity index (χ1v) is 5.62. The minimum absolute atomic E-state index is 0.264. The average Bonchev–Trinajstić information content (AvgIpc) is 2.15. The van der Waals surface area contributed by atoms with Gasteiger partial charge in [0, 0.05) is 24.1 Å². The number of rotatable bonds is 4. The summed E-state index contributed by atoms with van der Waals surface area (Å²) in [5.74, 6) is 0. The van der Waals surface area contributed by atoms with E-state index in [4.69, 9.17) is 5.73 Å². The van der Waals surface area contributed by atoms with E-state index in [-0.39, 0.29) is 6.04 Å². The van der Waals surface area contributed by atoms with Gasteiger partial charge in [0.15, 0.2) is 0 Å². The van der Waals surface area contributed by atoms with Crippen LogP contribution in [0.15, 0.2) is 28.7 Å². The Morgan fingerprint density at radius 1 is 1.43 bits per heavy atom. The van der Waals surface area contributed by atoms with Crippen LogP contribution in [-0.2, 0) is 0 Å². The molecule has 1 rings (SSSR count). The molecule has 0 saturated heterocycles. The summed E-state index contributed by atoms with van der Waals surface area (Å²) in [4.78, 5) is 2.22. The maximum atomic E-state index is 5.72. The molecule has 14 heavy (non-hydrogen) atoms. The highest BCUT2D eigenvalue weighted by Gasteiger charge is 2.04. The van der Waals surface area contributed by atoms with Crippen LogP contribution in [0.1, 0.15) is 13.3 Å².